The predicted molar refractivity (Wildman–Crippen MR) is 96.8 cm³/mol. The molecule has 7 heteroatoms. The molecule has 6 nitrogen and oxygen atoms in total. The number of halogens is 1. The Bertz CT molecular complexity index is 725. The van der Waals surface area contributed by atoms with Crippen molar-refractivity contribution in [2.45, 2.75) is 12.5 Å². The molecule has 1 unspecified atom stereocenters. The highest BCUT2D eigenvalue weighted by Crippen LogP contribution is 2.42. The zero-order chi connectivity index (χ0) is 18.6. The van der Waals surface area contributed by atoms with Gasteiger partial charge >= 0.3 is 0 Å². The molecule has 0 aromatic heterocycles. The Labute approximate surface area is 151 Å². The largest absolute Gasteiger partial charge is 0.493 e. The van der Waals surface area contributed by atoms with Gasteiger partial charge in [-0.3, -0.25) is 0 Å². The van der Waals surface area contributed by atoms with Crippen LogP contribution in [0.1, 0.15) is 22.8 Å². The van der Waals surface area contributed by atoms with Crippen molar-refractivity contribution >= 4 is 17.3 Å². The Kier molecular flexibility index (Phi) is 6.36. The van der Waals surface area contributed by atoms with Gasteiger partial charge in [0.25, 0.3) is 0 Å². The molecule has 0 bridgehead atoms. The minimum Gasteiger partial charge on any atom is -0.493 e. The molecule has 136 valence electrons. The molecule has 2 rings (SSSR count). The van der Waals surface area contributed by atoms with Crippen molar-refractivity contribution in [1.29, 1.82) is 0 Å². The summed E-state index contributed by atoms with van der Waals surface area (Å²) in [6, 6.07) is 6.58. The molecule has 1 atom stereocenters. The lowest BCUT2D eigenvalue weighted by atomic mass is 9.96. The number of aliphatic hydroxyl groups is 2. The average Bonchev–Trinajstić information content (AvgIpc) is 2.62. The van der Waals surface area contributed by atoms with Crippen molar-refractivity contribution in [2.24, 2.45) is 0 Å². The van der Waals surface area contributed by atoms with Crippen molar-refractivity contribution in [2.75, 3.05) is 33.7 Å². The van der Waals surface area contributed by atoms with Crippen LogP contribution in [0.3, 0.4) is 0 Å². The first kappa shape index (κ1) is 19.2. The zero-order valence-corrected chi connectivity index (χ0v) is 15.1. The molecular weight excluding hydrogens is 346 g/mol. The number of nitrogen functional groups attached to an aromatic ring is 1. The minimum atomic E-state index is -1.05. The molecule has 0 heterocycles. The molecule has 0 fully saturated rings. The predicted octanol–water partition coefficient (Wildman–Crippen LogP) is 2.56. The van der Waals surface area contributed by atoms with Gasteiger partial charge in [-0.15, -0.1) is 0 Å². The number of hydrogen-bond acceptors (Lipinski definition) is 6. The second-order valence-electron chi connectivity index (χ2n) is 5.40. The Morgan fingerprint density at radius 2 is 1.64 bits per heavy atom. The molecule has 25 heavy (non-hydrogen) atoms. The van der Waals surface area contributed by atoms with Crippen LogP contribution < -0.4 is 19.9 Å². The first-order chi connectivity index (χ1) is 12.0. The summed E-state index contributed by atoms with van der Waals surface area (Å²) in [6.07, 6.45) is -0.702. The minimum absolute atomic E-state index is 0.0652. The van der Waals surface area contributed by atoms with Crippen LogP contribution in [0.4, 0.5) is 5.69 Å². The van der Waals surface area contributed by atoms with Crippen molar-refractivity contribution in [3.05, 3.63) is 46.0 Å². The van der Waals surface area contributed by atoms with Gasteiger partial charge in [-0.25, -0.2) is 0 Å². The number of nitrogens with two attached hydrogens (primary N) is 1. The summed E-state index contributed by atoms with van der Waals surface area (Å²) in [5.41, 5.74) is 8.18. The molecule has 0 amide bonds. The van der Waals surface area contributed by atoms with Crippen LogP contribution in [0, 0.1) is 0 Å². The van der Waals surface area contributed by atoms with E-state index in [1.165, 1.54) is 21.3 Å². The van der Waals surface area contributed by atoms with E-state index in [2.05, 4.69) is 0 Å². The second-order valence-corrected chi connectivity index (χ2v) is 5.84. The molecule has 4 N–H and O–H groups in total. The maximum absolute atomic E-state index is 10.8. The topological polar surface area (TPSA) is 94.2 Å². The SMILES string of the molecule is COc1cc(C(O)c2cc(Cl)cc(CCO)c2N)cc(OC)c1OC. The third-order valence-electron chi connectivity index (χ3n) is 3.94. The smallest absolute Gasteiger partial charge is 0.203 e. The standard InChI is InChI=1S/C18H22ClNO5/c1-23-14-7-11(8-15(24-2)18(14)25-3)17(22)13-9-12(19)6-10(4-5-21)16(13)20/h6-9,17,21-22H,4-5,20H2,1-3H3. The van der Waals surface area contributed by atoms with Crippen LogP contribution in [0.2, 0.25) is 5.02 Å². The van der Waals surface area contributed by atoms with Crippen molar-refractivity contribution in [3.8, 4) is 17.2 Å². The van der Waals surface area contributed by atoms with Gasteiger partial charge in [0.15, 0.2) is 11.5 Å². The van der Waals surface area contributed by atoms with Crippen molar-refractivity contribution in [1.82, 2.24) is 0 Å². The van der Waals surface area contributed by atoms with Gasteiger partial charge in [0.05, 0.1) is 21.3 Å². The lowest BCUT2D eigenvalue weighted by Crippen LogP contribution is -2.08. The van der Waals surface area contributed by atoms with E-state index in [0.29, 0.717) is 51.1 Å². The second kappa shape index (κ2) is 8.29. The Morgan fingerprint density at radius 1 is 1.04 bits per heavy atom. The Morgan fingerprint density at radius 3 is 2.12 bits per heavy atom. The maximum Gasteiger partial charge on any atom is 0.203 e. The molecule has 2 aromatic rings. The number of ether oxygens (including phenoxy) is 3. The normalized spacial score (nSPS) is 11.9. The van der Waals surface area contributed by atoms with E-state index in [9.17, 15) is 5.11 Å². The fraction of sp³-hybridized carbons (Fsp3) is 0.333. The summed E-state index contributed by atoms with van der Waals surface area (Å²) in [7, 11) is 4.51. The average molecular weight is 368 g/mol. The van der Waals surface area contributed by atoms with Crippen LogP contribution >= 0.6 is 11.6 Å². The van der Waals surface area contributed by atoms with E-state index in [-0.39, 0.29) is 6.61 Å². The molecule has 0 radical (unpaired) electrons. The van der Waals surface area contributed by atoms with Gasteiger partial charge in [-0.1, -0.05) is 11.6 Å². The van der Waals surface area contributed by atoms with Gasteiger partial charge in [-0.2, -0.15) is 0 Å². The van der Waals surface area contributed by atoms with E-state index in [4.69, 9.17) is 36.7 Å². The van der Waals surface area contributed by atoms with Crippen LogP contribution in [0.5, 0.6) is 17.2 Å². The molecule has 0 saturated carbocycles. The number of anilines is 1. The fourth-order valence-corrected chi connectivity index (χ4v) is 2.94. The number of methoxy groups -OCH3 is 3. The fourth-order valence-electron chi connectivity index (χ4n) is 2.69. The molecule has 0 saturated heterocycles. The van der Waals surface area contributed by atoms with Gasteiger partial charge in [-0.05, 0) is 41.8 Å². The highest BCUT2D eigenvalue weighted by Gasteiger charge is 2.21. The highest BCUT2D eigenvalue weighted by molar-refractivity contribution is 6.30. The highest BCUT2D eigenvalue weighted by atomic mass is 35.5. The lowest BCUT2D eigenvalue weighted by Gasteiger charge is -2.20. The lowest BCUT2D eigenvalue weighted by molar-refractivity contribution is 0.219. The zero-order valence-electron chi connectivity index (χ0n) is 14.4. The number of benzene rings is 2. The molecule has 2 aromatic carbocycles. The van der Waals surface area contributed by atoms with Crippen LogP contribution in [0.15, 0.2) is 24.3 Å². The summed E-state index contributed by atoms with van der Waals surface area (Å²) < 4.78 is 15.9. The van der Waals surface area contributed by atoms with E-state index < -0.39 is 6.10 Å². The summed E-state index contributed by atoms with van der Waals surface area (Å²) in [5, 5.41) is 20.4. The van der Waals surface area contributed by atoms with Crippen molar-refractivity contribution < 1.29 is 24.4 Å². The molecule has 0 spiro atoms. The summed E-state index contributed by atoms with van der Waals surface area (Å²) >= 11 is 6.14. The summed E-state index contributed by atoms with van der Waals surface area (Å²) in [4.78, 5) is 0. The van der Waals surface area contributed by atoms with Crippen LogP contribution in [-0.4, -0.2) is 38.1 Å². The quantitative estimate of drug-likeness (QED) is 0.651. The van der Waals surface area contributed by atoms with Crippen molar-refractivity contribution in [3.63, 3.8) is 0 Å². The first-order valence-corrected chi connectivity index (χ1v) is 8.01. The van der Waals surface area contributed by atoms with Gasteiger partial charge in [0.2, 0.25) is 5.75 Å². The molecule has 0 aliphatic rings. The van der Waals surface area contributed by atoms with E-state index in [0.717, 1.165) is 0 Å². The summed E-state index contributed by atoms with van der Waals surface area (Å²) in [6.45, 7) is -0.0652. The Balaban J connectivity index is 2.56. The summed E-state index contributed by atoms with van der Waals surface area (Å²) in [5.74, 6) is 1.28. The molecular formula is C18H22ClNO5. The van der Waals surface area contributed by atoms with Crippen LogP contribution in [-0.2, 0) is 6.42 Å². The number of aliphatic hydroxyl groups excluding tert-OH is 2. The van der Waals surface area contributed by atoms with E-state index >= 15 is 0 Å². The Hall–Kier alpha value is -2.15. The van der Waals surface area contributed by atoms with Gasteiger partial charge in [0.1, 0.15) is 6.10 Å². The van der Waals surface area contributed by atoms with Gasteiger partial charge < -0.3 is 30.2 Å². The van der Waals surface area contributed by atoms with E-state index in [1.807, 2.05) is 0 Å². The third kappa shape index (κ3) is 3.92. The third-order valence-corrected chi connectivity index (χ3v) is 4.16. The van der Waals surface area contributed by atoms with Crippen LogP contribution in [0.25, 0.3) is 0 Å². The first-order valence-electron chi connectivity index (χ1n) is 7.63. The molecule has 0 aliphatic carbocycles. The van der Waals surface area contributed by atoms with Gasteiger partial charge in [0, 0.05) is 22.9 Å². The monoisotopic (exact) mass is 367 g/mol. The number of hydrogen-bond donors (Lipinski definition) is 3. The number of rotatable bonds is 7. The molecule has 0 aliphatic heterocycles. The maximum atomic E-state index is 10.8. The van der Waals surface area contributed by atoms with E-state index in [1.54, 1.807) is 24.3 Å².